The van der Waals surface area contributed by atoms with Gasteiger partial charge in [0.15, 0.2) is 0 Å². The summed E-state index contributed by atoms with van der Waals surface area (Å²) in [6.45, 7) is 0.721. The zero-order valence-corrected chi connectivity index (χ0v) is 9.91. The highest BCUT2D eigenvalue weighted by Gasteiger charge is 2.30. The van der Waals surface area contributed by atoms with Gasteiger partial charge in [-0.25, -0.2) is 15.8 Å². The summed E-state index contributed by atoms with van der Waals surface area (Å²) < 4.78 is 5.39. The second-order valence-electron chi connectivity index (χ2n) is 4.34. The molecule has 2 heterocycles. The first-order chi connectivity index (χ1) is 8.86. The summed E-state index contributed by atoms with van der Waals surface area (Å²) in [5, 5.41) is 0. The summed E-state index contributed by atoms with van der Waals surface area (Å²) in [5.41, 5.74) is 2.54. The molecule has 3 rings (SSSR count). The van der Waals surface area contributed by atoms with Crippen LogP contribution in [0.25, 0.3) is 0 Å². The molecule has 0 saturated heterocycles. The number of nitrogens with one attached hydrogen (secondary N) is 1. The van der Waals surface area contributed by atoms with E-state index in [0.29, 0.717) is 11.9 Å². The first kappa shape index (κ1) is 11.0. The van der Waals surface area contributed by atoms with Gasteiger partial charge >= 0.3 is 0 Å². The van der Waals surface area contributed by atoms with Crippen molar-refractivity contribution in [1.82, 2.24) is 9.97 Å². The van der Waals surface area contributed by atoms with Gasteiger partial charge in [0.1, 0.15) is 23.7 Å². The highest BCUT2D eigenvalue weighted by atomic mass is 16.3. The lowest BCUT2D eigenvalue weighted by Crippen LogP contribution is -2.26. The van der Waals surface area contributed by atoms with Crippen LogP contribution in [-0.2, 0) is 6.54 Å². The fourth-order valence-electron chi connectivity index (χ4n) is 1.94. The molecule has 0 radical (unpaired) electrons. The van der Waals surface area contributed by atoms with E-state index in [1.165, 1.54) is 19.2 Å². The molecule has 1 aliphatic carbocycles. The van der Waals surface area contributed by atoms with Crippen LogP contribution in [-0.4, -0.2) is 16.0 Å². The molecule has 94 valence electrons. The van der Waals surface area contributed by atoms with Gasteiger partial charge in [0, 0.05) is 12.1 Å². The maximum atomic E-state index is 5.39. The van der Waals surface area contributed by atoms with Crippen LogP contribution in [0.2, 0.25) is 0 Å². The molecule has 6 heteroatoms. The first-order valence-corrected chi connectivity index (χ1v) is 5.94. The fraction of sp³-hybridized carbons (Fsp3) is 0.333. The third-order valence-corrected chi connectivity index (χ3v) is 2.99. The zero-order valence-electron chi connectivity index (χ0n) is 9.91. The van der Waals surface area contributed by atoms with Gasteiger partial charge in [-0.1, -0.05) is 0 Å². The molecule has 3 N–H and O–H groups in total. The van der Waals surface area contributed by atoms with E-state index in [2.05, 4.69) is 20.3 Å². The average molecular weight is 245 g/mol. The van der Waals surface area contributed by atoms with Crippen LogP contribution in [0.3, 0.4) is 0 Å². The molecule has 0 amide bonds. The van der Waals surface area contributed by atoms with Crippen molar-refractivity contribution in [3.8, 4) is 0 Å². The summed E-state index contributed by atoms with van der Waals surface area (Å²) in [5.74, 6) is 7.79. The van der Waals surface area contributed by atoms with Crippen LogP contribution in [0.5, 0.6) is 0 Å². The number of nitrogens with zero attached hydrogens (tertiary/aromatic N) is 3. The maximum Gasteiger partial charge on any atom is 0.145 e. The number of nitrogens with two attached hydrogens (primary N) is 1. The Morgan fingerprint density at radius 3 is 3.00 bits per heavy atom. The molecule has 0 aliphatic heterocycles. The van der Waals surface area contributed by atoms with Gasteiger partial charge in [-0.3, -0.25) is 0 Å². The van der Waals surface area contributed by atoms with Crippen LogP contribution >= 0.6 is 0 Å². The van der Waals surface area contributed by atoms with Gasteiger partial charge in [0.05, 0.1) is 12.8 Å². The molecule has 2 aromatic rings. The number of anilines is 2. The fourth-order valence-corrected chi connectivity index (χ4v) is 1.94. The van der Waals surface area contributed by atoms with Crippen LogP contribution in [0.15, 0.2) is 35.2 Å². The summed E-state index contributed by atoms with van der Waals surface area (Å²) in [6, 6.07) is 6.25. The van der Waals surface area contributed by atoms with Crippen molar-refractivity contribution in [2.75, 3.05) is 10.3 Å². The molecule has 0 aromatic carbocycles. The molecule has 1 fully saturated rings. The maximum absolute atomic E-state index is 5.39. The molecule has 0 atom stereocenters. The van der Waals surface area contributed by atoms with E-state index in [-0.39, 0.29) is 0 Å². The second kappa shape index (κ2) is 4.66. The standard InChI is InChI=1S/C12H15N5O/c13-16-11-6-12(15-8-14-11)17(9-3-4-9)7-10-2-1-5-18-10/h1-2,5-6,8-9H,3-4,7,13H2,(H,14,15,16). The number of hydrogen-bond acceptors (Lipinski definition) is 6. The number of hydrogen-bond donors (Lipinski definition) is 2. The highest BCUT2D eigenvalue weighted by molar-refractivity contribution is 5.49. The molecule has 2 aromatic heterocycles. The van der Waals surface area contributed by atoms with Crippen molar-refractivity contribution in [2.45, 2.75) is 25.4 Å². The van der Waals surface area contributed by atoms with Crippen molar-refractivity contribution in [3.05, 3.63) is 36.5 Å². The third kappa shape index (κ3) is 2.28. The Hall–Kier alpha value is -2.08. The molecule has 0 unspecified atom stereocenters. The molecular formula is C12H15N5O. The largest absolute Gasteiger partial charge is 0.467 e. The summed E-state index contributed by atoms with van der Waals surface area (Å²) in [4.78, 5) is 10.6. The number of hydrazine groups is 1. The van der Waals surface area contributed by atoms with E-state index >= 15 is 0 Å². The Bertz CT molecular complexity index is 509. The third-order valence-electron chi connectivity index (χ3n) is 2.99. The lowest BCUT2D eigenvalue weighted by atomic mass is 10.3. The zero-order chi connectivity index (χ0) is 12.4. The van der Waals surface area contributed by atoms with Gasteiger partial charge in [0.2, 0.25) is 0 Å². The monoisotopic (exact) mass is 245 g/mol. The minimum Gasteiger partial charge on any atom is -0.467 e. The molecule has 1 aliphatic rings. The van der Waals surface area contributed by atoms with E-state index in [0.717, 1.165) is 18.1 Å². The van der Waals surface area contributed by atoms with E-state index in [1.807, 2.05) is 18.2 Å². The molecule has 0 spiro atoms. The Labute approximate surface area is 105 Å². The van der Waals surface area contributed by atoms with Crippen molar-refractivity contribution in [1.29, 1.82) is 0 Å². The van der Waals surface area contributed by atoms with Gasteiger partial charge in [0.25, 0.3) is 0 Å². The van der Waals surface area contributed by atoms with E-state index in [4.69, 9.17) is 10.3 Å². The van der Waals surface area contributed by atoms with Gasteiger partial charge < -0.3 is 14.7 Å². The van der Waals surface area contributed by atoms with Crippen LogP contribution in [0.4, 0.5) is 11.6 Å². The van der Waals surface area contributed by atoms with Crippen molar-refractivity contribution >= 4 is 11.6 Å². The Kier molecular flexibility index (Phi) is 2.85. The minimum atomic E-state index is 0.538. The van der Waals surface area contributed by atoms with Crippen molar-refractivity contribution < 1.29 is 4.42 Å². The quantitative estimate of drug-likeness (QED) is 0.614. The Balaban J connectivity index is 1.84. The minimum absolute atomic E-state index is 0.538. The normalized spacial score (nSPS) is 14.5. The molecule has 18 heavy (non-hydrogen) atoms. The van der Waals surface area contributed by atoms with E-state index in [1.54, 1.807) is 6.26 Å². The van der Waals surface area contributed by atoms with Crippen molar-refractivity contribution in [2.24, 2.45) is 5.84 Å². The van der Waals surface area contributed by atoms with E-state index in [9.17, 15) is 0 Å². The molecule has 1 saturated carbocycles. The number of furan rings is 1. The Morgan fingerprint density at radius 2 is 2.33 bits per heavy atom. The van der Waals surface area contributed by atoms with Crippen molar-refractivity contribution in [3.63, 3.8) is 0 Å². The predicted molar refractivity (Wildman–Crippen MR) is 67.8 cm³/mol. The van der Waals surface area contributed by atoms with Crippen LogP contribution in [0, 0.1) is 0 Å². The lowest BCUT2D eigenvalue weighted by Gasteiger charge is -2.22. The predicted octanol–water partition coefficient (Wildman–Crippen LogP) is 1.52. The summed E-state index contributed by atoms with van der Waals surface area (Å²) in [7, 11) is 0. The summed E-state index contributed by atoms with van der Waals surface area (Å²) in [6.07, 6.45) is 5.58. The topological polar surface area (TPSA) is 80.2 Å². The molecular weight excluding hydrogens is 230 g/mol. The van der Waals surface area contributed by atoms with E-state index < -0.39 is 0 Å². The van der Waals surface area contributed by atoms with Gasteiger partial charge in [-0.2, -0.15) is 0 Å². The number of nitrogen functional groups attached to an aromatic ring is 1. The average Bonchev–Trinajstić information content (AvgIpc) is 3.13. The highest BCUT2D eigenvalue weighted by Crippen LogP contribution is 2.32. The van der Waals surface area contributed by atoms with Gasteiger partial charge in [-0.05, 0) is 25.0 Å². The SMILES string of the molecule is NNc1cc(N(Cc2ccco2)C2CC2)ncn1. The summed E-state index contributed by atoms with van der Waals surface area (Å²) >= 11 is 0. The number of aromatic nitrogens is 2. The van der Waals surface area contributed by atoms with Gasteiger partial charge in [-0.15, -0.1) is 0 Å². The first-order valence-electron chi connectivity index (χ1n) is 5.94. The van der Waals surface area contributed by atoms with Crippen LogP contribution in [0.1, 0.15) is 18.6 Å². The number of rotatable bonds is 5. The lowest BCUT2D eigenvalue weighted by molar-refractivity contribution is 0.500. The Morgan fingerprint density at radius 1 is 1.44 bits per heavy atom. The molecule has 6 nitrogen and oxygen atoms in total. The van der Waals surface area contributed by atoms with Crippen LogP contribution < -0.4 is 16.2 Å². The molecule has 0 bridgehead atoms. The second-order valence-corrected chi connectivity index (χ2v) is 4.34. The smallest absolute Gasteiger partial charge is 0.145 e.